The Hall–Kier alpha value is -0.990. The highest BCUT2D eigenvalue weighted by molar-refractivity contribution is 6.35. The fraction of sp³-hybridized carbons (Fsp3) is 0.111. The van der Waals surface area contributed by atoms with Gasteiger partial charge in [0.05, 0.1) is 5.02 Å². The molecule has 0 aliphatic rings. The molecule has 0 bridgehead atoms. The van der Waals surface area contributed by atoms with E-state index < -0.39 is 0 Å². The fourth-order valence-corrected chi connectivity index (χ4v) is 1.47. The first-order valence-corrected chi connectivity index (χ1v) is 4.14. The second-order valence-electron chi connectivity index (χ2n) is 2.72. The SMILES string of the molecule is NCc1ccc2[nH]cc(Cl)c2c1. The zero-order valence-corrected chi connectivity index (χ0v) is 7.23. The molecule has 0 atom stereocenters. The maximum absolute atomic E-state index is 5.93. The Balaban J connectivity index is 2.71. The predicted octanol–water partition coefficient (Wildman–Crippen LogP) is 2.28. The summed E-state index contributed by atoms with van der Waals surface area (Å²) < 4.78 is 0. The van der Waals surface area contributed by atoms with Crippen molar-refractivity contribution in [2.75, 3.05) is 0 Å². The minimum atomic E-state index is 0.553. The Labute approximate surface area is 75.3 Å². The Morgan fingerprint density at radius 3 is 3.00 bits per heavy atom. The van der Waals surface area contributed by atoms with Gasteiger partial charge in [-0.05, 0) is 17.7 Å². The number of aromatic nitrogens is 1. The van der Waals surface area contributed by atoms with Gasteiger partial charge in [-0.2, -0.15) is 0 Å². The maximum atomic E-state index is 5.93. The third-order valence-electron chi connectivity index (χ3n) is 1.93. The summed E-state index contributed by atoms with van der Waals surface area (Å²) in [6, 6.07) is 5.99. The van der Waals surface area contributed by atoms with Crippen molar-refractivity contribution >= 4 is 22.5 Å². The van der Waals surface area contributed by atoms with Gasteiger partial charge in [-0.25, -0.2) is 0 Å². The van der Waals surface area contributed by atoms with E-state index in [4.69, 9.17) is 17.3 Å². The molecule has 0 aliphatic heterocycles. The van der Waals surface area contributed by atoms with Crippen molar-refractivity contribution in [3.8, 4) is 0 Å². The van der Waals surface area contributed by atoms with Gasteiger partial charge in [-0.15, -0.1) is 0 Å². The molecular formula is C9H9ClN2. The van der Waals surface area contributed by atoms with Crippen LogP contribution in [0.4, 0.5) is 0 Å². The Bertz CT molecular complexity index is 406. The number of hydrogen-bond donors (Lipinski definition) is 2. The number of nitrogens with one attached hydrogen (secondary N) is 1. The van der Waals surface area contributed by atoms with Crippen LogP contribution in [0.25, 0.3) is 10.9 Å². The van der Waals surface area contributed by atoms with Gasteiger partial charge in [-0.3, -0.25) is 0 Å². The molecule has 1 aromatic carbocycles. The molecule has 3 N–H and O–H groups in total. The highest BCUT2D eigenvalue weighted by atomic mass is 35.5. The van der Waals surface area contributed by atoms with Crippen LogP contribution in [0.1, 0.15) is 5.56 Å². The molecule has 0 saturated carbocycles. The summed E-state index contributed by atoms with van der Waals surface area (Å²) in [5.74, 6) is 0. The Kier molecular flexibility index (Phi) is 1.79. The van der Waals surface area contributed by atoms with Crippen molar-refractivity contribution in [2.24, 2.45) is 5.73 Å². The van der Waals surface area contributed by atoms with Crippen LogP contribution < -0.4 is 5.73 Å². The van der Waals surface area contributed by atoms with Gasteiger partial charge >= 0.3 is 0 Å². The number of H-pyrrole nitrogens is 1. The number of fused-ring (bicyclic) bond motifs is 1. The van der Waals surface area contributed by atoms with Gasteiger partial charge in [0.25, 0.3) is 0 Å². The summed E-state index contributed by atoms with van der Waals surface area (Å²) in [6.45, 7) is 0.553. The molecule has 0 radical (unpaired) electrons. The molecule has 0 aliphatic carbocycles. The lowest BCUT2D eigenvalue weighted by Gasteiger charge is -1.96. The highest BCUT2D eigenvalue weighted by Crippen LogP contribution is 2.23. The first-order chi connectivity index (χ1) is 5.81. The van der Waals surface area contributed by atoms with Crippen molar-refractivity contribution < 1.29 is 0 Å². The Morgan fingerprint density at radius 2 is 2.25 bits per heavy atom. The molecule has 0 saturated heterocycles. The molecule has 62 valence electrons. The van der Waals surface area contributed by atoms with E-state index in [0.29, 0.717) is 6.54 Å². The van der Waals surface area contributed by atoms with Crippen molar-refractivity contribution in [2.45, 2.75) is 6.54 Å². The van der Waals surface area contributed by atoms with Crippen molar-refractivity contribution in [3.63, 3.8) is 0 Å². The van der Waals surface area contributed by atoms with Gasteiger partial charge in [0.1, 0.15) is 0 Å². The van der Waals surface area contributed by atoms with Crippen LogP contribution in [-0.4, -0.2) is 4.98 Å². The number of hydrogen-bond acceptors (Lipinski definition) is 1. The van der Waals surface area contributed by atoms with Crippen LogP contribution in [0.5, 0.6) is 0 Å². The minimum absolute atomic E-state index is 0.553. The van der Waals surface area contributed by atoms with Gasteiger partial charge in [-0.1, -0.05) is 17.7 Å². The van der Waals surface area contributed by atoms with Crippen LogP contribution in [0, 0.1) is 0 Å². The van der Waals surface area contributed by atoms with E-state index in [2.05, 4.69) is 4.98 Å². The predicted molar refractivity (Wildman–Crippen MR) is 51.2 cm³/mol. The van der Waals surface area contributed by atoms with E-state index in [9.17, 15) is 0 Å². The van der Waals surface area contributed by atoms with E-state index in [0.717, 1.165) is 21.5 Å². The van der Waals surface area contributed by atoms with Crippen molar-refractivity contribution in [3.05, 3.63) is 35.0 Å². The first kappa shape index (κ1) is 7.65. The number of nitrogens with two attached hydrogens (primary N) is 1. The van der Waals surface area contributed by atoms with Crippen molar-refractivity contribution in [1.82, 2.24) is 4.98 Å². The first-order valence-electron chi connectivity index (χ1n) is 3.77. The van der Waals surface area contributed by atoms with E-state index >= 15 is 0 Å². The summed E-state index contributed by atoms with van der Waals surface area (Å²) in [7, 11) is 0. The standard InChI is InChI=1S/C9H9ClN2/c10-8-5-12-9-2-1-6(4-11)3-7(8)9/h1-3,5,12H,4,11H2. The normalized spacial score (nSPS) is 10.8. The lowest BCUT2D eigenvalue weighted by Crippen LogP contribution is -1.94. The van der Waals surface area contributed by atoms with E-state index in [1.165, 1.54) is 0 Å². The van der Waals surface area contributed by atoms with Gasteiger partial charge < -0.3 is 10.7 Å². The zero-order valence-electron chi connectivity index (χ0n) is 6.47. The molecule has 2 rings (SSSR count). The second kappa shape index (κ2) is 2.81. The molecule has 12 heavy (non-hydrogen) atoms. The number of benzene rings is 1. The largest absolute Gasteiger partial charge is 0.360 e. The molecule has 1 aromatic heterocycles. The molecular weight excluding hydrogens is 172 g/mol. The molecule has 3 heteroatoms. The van der Waals surface area contributed by atoms with Gasteiger partial charge in [0, 0.05) is 23.6 Å². The summed E-state index contributed by atoms with van der Waals surface area (Å²) >= 11 is 5.93. The van der Waals surface area contributed by atoms with Gasteiger partial charge in [0.15, 0.2) is 0 Å². The molecule has 0 spiro atoms. The molecule has 1 heterocycles. The van der Waals surface area contributed by atoms with E-state index in [1.807, 2.05) is 18.2 Å². The molecule has 2 nitrogen and oxygen atoms in total. The number of aromatic amines is 1. The van der Waals surface area contributed by atoms with Crippen LogP contribution in [0.3, 0.4) is 0 Å². The van der Waals surface area contributed by atoms with E-state index in [-0.39, 0.29) is 0 Å². The van der Waals surface area contributed by atoms with Crippen LogP contribution in [-0.2, 0) is 6.54 Å². The zero-order chi connectivity index (χ0) is 8.55. The lowest BCUT2D eigenvalue weighted by molar-refractivity contribution is 1.08. The number of rotatable bonds is 1. The molecule has 0 fully saturated rings. The third kappa shape index (κ3) is 1.09. The smallest absolute Gasteiger partial charge is 0.0659 e. The summed E-state index contributed by atoms with van der Waals surface area (Å²) in [4.78, 5) is 3.07. The average Bonchev–Trinajstić information content (AvgIpc) is 2.47. The molecule has 0 amide bonds. The topological polar surface area (TPSA) is 41.8 Å². The Morgan fingerprint density at radius 1 is 1.42 bits per heavy atom. The maximum Gasteiger partial charge on any atom is 0.0659 e. The monoisotopic (exact) mass is 180 g/mol. The highest BCUT2D eigenvalue weighted by Gasteiger charge is 2.00. The van der Waals surface area contributed by atoms with Crippen molar-refractivity contribution in [1.29, 1.82) is 0 Å². The molecule has 0 unspecified atom stereocenters. The quantitative estimate of drug-likeness (QED) is 0.695. The number of halogens is 1. The summed E-state index contributed by atoms with van der Waals surface area (Å²) in [5, 5.41) is 1.79. The molecule has 2 aromatic rings. The summed E-state index contributed by atoms with van der Waals surface area (Å²) in [5.41, 5.74) is 7.66. The fourth-order valence-electron chi connectivity index (χ4n) is 1.26. The van der Waals surface area contributed by atoms with Crippen LogP contribution in [0.15, 0.2) is 24.4 Å². The minimum Gasteiger partial charge on any atom is -0.360 e. The average molecular weight is 181 g/mol. The lowest BCUT2D eigenvalue weighted by atomic mass is 10.1. The van der Waals surface area contributed by atoms with E-state index in [1.54, 1.807) is 6.20 Å². The van der Waals surface area contributed by atoms with Crippen LogP contribution in [0.2, 0.25) is 5.02 Å². The van der Waals surface area contributed by atoms with Gasteiger partial charge in [0.2, 0.25) is 0 Å². The van der Waals surface area contributed by atoms with Crippen LogP contribution >= 0.6 is 11.6 Å². The third-order valence-corrected chi connectivity index (χ3v) is 2.24. The summed E-state index contributed by atoms with van der Waals surface area (Å²) in [6.07, 6.45) is 1.78. The second-order valence-corrected chi connectivity index (χ2v) is 3.13.